The van der Waals surface area contributed by atoms with Gasteiger partial charge in [0, 0.05) is 11.6 Å². The van der Waals surface area contributed by atoms with Crippen molar-refractivity contribution < 1.29 is 13.9 Å². The van der Waals surface area contributed by atoms with Crippen molar-refractivity contribution >= 4 is 11.8 Å². The van der Waals surface area contributed by atoms with Crippen LogP contribution in [0.3, 0.4) is 0 Å². The molecule has 2 aromatic heterocycles. The van der Waals surface area contributed by atoms with Crippen LogP contribution >= 0.6 is 11.8 Å². The molecule has 24 heavy (non-hydrogen) atoms. The summed E-state index contributed by atoms with van der Waals surface area (Å²) in [4.78, 5) is 4.26. The Balaban J connectivity index is 1.47. The van der Waals surface area contributed by atoms with Crippen molar-refractivity contribution in [2.45, 2.75) is 36.4 Å². The zero-order valence-electron chi connectivity index (χ0n) is 12.7. The number of aliphatic hydroxyl groups excluding tert-OH is 1. The van der Waals surface area contributed by atoms with E-state index in [4.69, 9.17) is 4.42 Å². The molecule has 2 heterocycles. The lowest BCUT2D eigenvalue weighted by Gasteiger charge is -2.05. The summed E-state index contributed by atoms with van der Waals surface area (Å²) < 4.78 is 20.7. The smallest absolute Gasteiger partial charge is 0.205 e. The molecule has 0 unspecified atom stereocenters. The number of rotatable bonds is 6. The zero-order valence-corrected chi connectivity index (χ0v) is 13.5. The number of thioether (sulfide) groups is 1. The van der Waals surface area contributed by atoms with Gasteiger partial charge >= 0.3 is 0 Å². The summed E-state index contributed by atoms with van der Waals surface area (Å²) in [5.41, 5.74) is 0.781. The molecule has 0 saturated heterocycles. The molecule has 0 spiro atoms. The minimum atomic E-state index is -0.284. The molecule has 1 aromatic carbocycles. The minimum Gasteiger partial charge on any atom is -0.440 e. The van der Waals surface area contributed by atoms with E-state index >= 15 is 0 Å². The molecule has 124 valence electrons. The quantitative estimate of drug-likeness (QED) is 0.691. The zero-order chi connectivity index (χ0) is 16.5. The molecule has 0 radical (unpaired) electrons. The van der Waals surface area contributed by atoms with Gasteiger partial charge in [-0.05, 0) is 37.1 Å². The molecule has 8 heteroatoms. The van der Waals surface area contributed by atoms with Crippen LogP contribution in [0.15, 0.2) is 40.0 Å². The molecule has 0 bridgehead atoms. The fourth-order valence-corrected chi connectivity index (χ4v) is 3.34. The highest BCUT2D eigenvalue weighted by Crippen LogP contribution is 2.39. The van der Waals surface area contributed by atoms with E-state index in [0.717, 1.165) is 23.6 Å². The molecule has 1 aliphatic rings. The molecule has 1 aliphatic carbocycles. The van der Waals surface area contributed by atoms with Crippen LogP contribution < -0.4 is 0 Å². The Morgan fingerprint density at radius 2 is 2.04 bits per heavy atom. The van der Waals surface area contributed by atoms with E-state index < -0.39 is 0 Å². The predicted molar refractivity (Wildman–Crippen MR) is 85.7 cm³/mol. The molecule has 0 aliphatic heterocycles. The van der Waals surface area contributed by atoms with Crippen LogP contribution in [0.1, 0.15) is 30.6 Å². The number of nitrogens with zero attached hydrogens (tertiary/aromatic N) is 4. The van der Waals surface area contributed by atoms with E-state index in [1.165, 1.54) is 23.9 Å². The van der Waals surface area contributed by atoms with Gasteiger partial charge in [-0.25, -0.2) is 9.37 Å². The third-order valence-electron chi connectivity index (χ3n) is 3.80. The molecular weight excluding hydrogens is 331 g/mol. The number of halogens is 1. The van der Waals surface area contributed by atoms with E-state index in [9.17, 15) is 9.50 Å². The lowest BCUT2D eigenvalue weighted by Crippen LogP contribution is -2.02. The van der Waals surface area contributed by atoms with Crippen LogP contribution in [0.4, 0.5) is 4.39 Å². The summed E-state index contributed by atoms with van der Waals surface area (Å²) in [5.74, 6) is 1.99. The Kier molecular flexibility index (Phi) is 4.07. The lowest BCUT2D eigenvalue weighted by atomic mass is 10.2. The molecule has 0 atom stereocenters. The van der Waals surface area contributed by atoms with Crippen molar-refractivity contribution in [1.29, 1.82) is 0 Å². The second kappa shape index (κ2) is 6.37. The highest BCUT2D eigenvalue weighted by atomic mass is 32.2. The Morgan fingerprint density at radius 1 is 1.25 bits per heavy atom. The highest BCUT2D eigenvalue weighted by molar-refractivity contribution is 7.98. The second-order valence-electron chi connectivity index (χ2n) is 5.57. The van der Waals surface area contributed by atoms with Crippen molar-refractivity contribution in [3.05, 3.63) is 48.0 Å². The fourth-order valence-electron chi connectivity index (χ4n) is 2.46. The number of aromatic nitrogens is 4. The van der Waals surface area contributed by atoms with E-state index in [2.05, 4.69) is 15.2 Å². The van der Waals surface area contributed by atoms with Gasteiger partial charge in [-0.15, -0.1) is 10.2 Å². The Hall–Kier alpha value is -2.19. The third-order valence-corrected chi connectivity index (χ3v) is 4.72. The minimum absolute atomic E-state index is 0.113. The number of aliphatic hydroxyl groups is 1. The number of oxazole rings is 1. The summed E-state index contributed by atoms with van der Waals surface area (Å²) in [6, 6.07) is 6.49. The van der Waals surface area contributed by atoms with Crippen molar-refractivity contribution in [2.75, 3.05) is 0 Å². The maximum Gasteiger partial charge on any atom is 0.205 e. The molecule has 1 fully saturated rings. The largest absolute Gasteiger partial charge is 0.440 e. The van der Waals surface area contributed by atoms with Gasteiger partial charge < -0.3 is 14.1 Å². The van der Waals surface area contributed by atoms with E-state index in [-0.39, 0.29) is 12.4 Å². The molecule has 6 nitrogen and oxygen atoms in total. The first-order valence-corrected chi connectivity index (χ1v) is 8.61. The first-order valence-electron chi connectivity index (χ1n) is 7.62. The summed E-state index contributed by atoms with van der Waals surface area (Å²) in [7, 11) is 0. The van der Waals surface area contributed by atoms with Gasteiger partial charge in [0.1, 0.15) is 12.4 Å². The standard InChI is InChI=1S/C16H15FN4O2S/c17-11-3-1-10(2-4-11)13-7-18-15(23-13)9-24-16-20-19-14(8-22)21(16)12-5-6-12/h1-4,7,12,22H,5-6,8-9H2. The SMILES string of the molecule is OCc1nnc(SCc2ncc(-c3ccc(F)cc3)o2)n1C1CC1. The van der Waals surface area contributed by atoms with Crippen LogP contribution in [0.5, 0.6) is 0 Å². The van der Waals surface area contributed by atoms with Crippen LogP contribution in [0, 0.1) is 5.82 Å². The topological polar surface area (TPSA) is 77.0 Å². The normalized spacial score (nSPS) is 14.2. The van der Waals surface area contributed by atoms with E-state index in [1.807, 2.05) is 4.57 Å². The van der Waals surface area contributed by atoms with Crippen LogP contribution in [-0.4, -0.2) is 24.9 Å². The fraction of sp³-hybridized carbons (Fsp3) is 0.312. The number of benzene rings is 1. The molecule has 3 aromatic rings. The highest BCUT2D eigenvalue weighted by Gasteiger charge is 2.29. The van der Waals surface area contributed by atoms with Gasteiger partial charge in [-0.2, -0.15) is 0 Å². The summed E-state index contributed by atoms with van der Waals surface area (Å²) in [6.07, 6.45) is 3.81. The maximum atomic E-state index is 13.0. The summed E-state index contributed by atoms with van der Waals surface area (Å²) in [5, 5.41) is 18.3. The first kappa shape index (κ1) is 15.3. The number of hydrogen-bond acceptors (Lipinski definition) is 6. The Bertz CT molecular complexity index is 842. The third kappa shape index (κ3) is 3.07. The second-order valence-corrected chi connectivity index (χ2v) is 6.51. The van der Waals surface area contributed by atoms with E-state index in [1.54, 1.807) is 18.3 Å². The van der Waals surface area contributed by atoms with Crippen LogP contribution in [-0.2, 0) is 12.4 Å². The lowest BCUT2D eigenvalue weighted by molar-refractivity contribution is 0.263. The molecule has 1 N–H and O–H groups in total. The molecular formula is C16H15FN4O2S. The molecule has 0 amide bonds. The average molecular weight is 346 g/mol. The van der Waals surface area contributed by atoms with Crippen molar-refractivity contribution in [2.24, 2.45) is 0 Å². The van der Waals surface area contributed by atoms with Crippen molar-refractivity contribution in [3.63, 3.8) is 0 Å². The van der Waals surface area contributed by atoms with Gasteiger partial charge in [0.25, 0.3) is 0 Å². The Morgan fingerprint density at radius 3 is 2.75 bits per heavy atom. The summed E-state index contributed by atoms with van der Waals surface area (Å²) >= 11 is 1.48. The molecule has 4 rings (SSSR count). The van der Waals surface area contributed by atoms with Crippen molar-refractivity contribution in [1.82, 2.24) is 19.7 Å². The van der Waals surface area contributed by atoms with Crippen LogP contribution in [0.2, 0.25) is 0 Å². The Labute approximate surface area is 141 Å². The summed E-state index contributed by atoms with van der Waals surface area (Å²) in [6.45, 7) is -0.113. The first-order chi connectivity index (χ1) is 11.7. The molecule has 1 saturated carbocycles. The monoisotopic (exact) mass is 346 g/mol. The van der Waals surface area contributed by atoms with Crippen LogP contribution in [0.25, 0.3) is 11.3 Å². The van der Waals surface area contributed by atoms with Gasteiger partial charge in [0.05, 0.1) is 11.9 Å². The van der Waals surface area contributed by atoms with Gasteiger partial charge in [0.15, 0.2) is 16.7 Å². The predicted octanol–water partition coefficient (Wildman–Crippen LogP) is 3.19. The van der Waals surface area contributed by atoms with E-state index in [0.29, 0.717) is 29.3 Å². The average Bonchev–Trinajstić information content (AvgIpc) is 3.18. The van der Waals surface area contributed by atoms with Gasteiger partial charge in [-0.3, -0.25) is 0 Å². The number of hydrogen-bond donors (Lipinski definition) is 1. The van der Waals surface area contributed by atoms with Crippen molar-refractivity contribution in [3.8, 4) is 11.3 Å². The van der Waals surface area contributed by atoms with Gasteiger partial charge in [0.2, 0.25) is 5.89 Å². The van der Waals surface area contributed by atoms with Gasteiger partial charge in [-0.1, -0.05) is 11.8 Å². The maximum absolute atomic E-state index is 13.0.